The minimum atomic E-state index is -0.00999. The zero-order valence-corrected chi connectivity index (χ0v) is 13.9. The molecule has 3 aromatic rings. The van der Waals surface area contributed by atoms with Gasteiger partial charge in [0, 0.05) is 43.3 Å². The summed E-state index contributed by atoms with van der Waals surface area (Å²) in [6.07, 6.45) is 3.26. The number of hydrogen-bond acceptors (Lipinski definition) is 3. The second-order valence-electron chi connectivity index (χ2n) is 5.81. The Labute approximate surface area is 142 Å². The van der Waals surface area contributed by atoms with Gasteiger partial charge in [-0.1, -0.05) is 42.5 Å². The third-order valence-electron chi connectivity index (χ3n) is 3.92. The third kappa shape index (κ3) is 3.46. The van der Waals surface area contributed by atoms with Gasteiger partial charge in [0.2, 0.25) is 0 Å². The van der Waals surface area contributed by atoms with Crippen molar-refractivity contribution in [2.75, 3.05) is 24.3 Å². The highest BCUT2D eigenvalue weighted by molar-refractivity contribution is 6.13. The van der Waals surface area contributed by atoms with Gasteiger partial charge >= 0.3 is 0 Å². The Morgan fingerprint density at radius 3 is 2.38 bits per heavy atom. The number of nitrogens with zero attached hydrogens (tertiary/aromatic N) is 1. The van der Waals surface area contributed by atoms with E-state index in [0.29, 0.717) is 5.56 Å². The number of fused-ring (bicyclic) bond motifs is 1. The van der Waals surface area contributed by atoms with Crippen LogP contribution in [-0.2, 0) is 0 Å². The number of allylic oxidation sites excluding steroid dienone is 1. The highest BCUT2D eigenvalue weighted by atomic mass is 16.1. The predicted octanol–water partition coefficient (Wildman–Crippen LogP) is 4.71. The fraction of sp³-hybridized carbons (Fsp3) is 0.0952. The van der Waals surface area contributed by atoms with Crippen LogP contribution in [0.25, 0.3) is 10.8 Å². The first-order valence-electron chi connectivity index (χ1n) is 7.88. The van der Waals surface area contributed by atoms with Crippen molar-refractivity contribution in [2.24, 2.45) is 0 Å². The molecule has 0 saturated carbocycles. The van der Waals surface area contributed by atoms with Gasteiger partial charge in [0.05, 0.1) is 0 Å². The number of carbonyl (C=O) groups excluding carboxylic acids is 1. The molecule has 0 aliphatic carbocycles. The Balaban J connectivity index is 1.73. The summed E-state index contributed by atoms with van der Waals surface area (Å²) in [4.78, 5) is 14.5. The highest BCUT2D eigenvalue weighted by Crippen LogP contribution is 2.19. The lowest BCUT2D eigenvalue weighted by molar-refractivity contribution is 0.104. The van der Waals surface area contributed by atoms with Gasteiger partial charge in [0.1, 0.15) is 0 Å². The number of carbonyl (C=O) groups is 1. The molecule has 0 bridgehead atoms. The van der Waals surface area contributed by atoms with E-state index in [9.17, 15) is 4.79 Å². The van der Waals surface area contributed by atoms with Gasteiger partial charge in [0.25, 0.3) is 0 Å². The van der Waals surface area contributed by atoms with Crippen molar-refractivity contribution >= 4 is 27.9 Å². The van der Waals surface area contributed by atoms with Crippen molar-refractivity contribution in [3.05, 3.63) is 84.6 Å². The Bertz CT molecular complexity index is 874. The summed E-state index contributed by atoms with van der Waals surface area (Å²) < 4.78 is 0. The van der Waals surface area contributed by atoms with Gasteiger partial charge in [-0.05, 0) is 35.0 Å². The van der Waals surface area contributed by atoms with E-state index in [1.165, 1.54) is 0 Å². The minimum absolute atomic E-state index is 0.00999. The molecule has 24 heavy (non-hydrogen) atoms. The van der Waals surface area contributed by atoms with Crippen LogP contribution in [-0.4, -0.2) is 19.9 Å². The first-order chi connectivity index (χ1) is 11.6. The van der Waals surface area contributed by atoms with Gasteiger partial charge < -0.3 is 10.2 Å². The maximum absolute atomic E-state index is 12.5. The van der Waals surface area contributed by atoms with E-state index in [1.807, 2.05) is 85.7 Å². The molecule has 0 aliphatic rings. The van der Waals surface area contributed by atoms with Gasteiger partial charge in [-0.25, -0.2) is 0 Å². The van der Waals surface area contributed by atoms with Crippen LogP contribution in [0.1, 0.15) is 10.4 Å². The van der Waals surface area contributed by atoms with E-state index in [2.05, 4.69) is 5.32 Å². The fourth-order valence-electron chi connectivity index (χ4n) is 2.60. The van der Waals surface area contributed by atoms with Crippen LogP contribution in [0, 0.1) is 0 Å². The SMILES string of the molecule is CN(C)c1ccc(N/C=C/C(=O)c2cccc3ccccc23)cc1. The van der Waals surface area contributed by atoms with E-state index in [0.717, 1.165) is 22.1 Å². The molecule has 3 aromatic carbocycles. The van der Waals surface area contributed by atoms with E-state index in [4.69, 9.17) is 0 Å². The number of nitrogens with one attached hydrogen (secondary N) is 1. The van der Waals surface area contributed by atoms with Crippen LogP contribution in [0.2, 0.25) is 0 Å². The van der Waals surface area contributed by atoms with Crippen LogP contribution in [0.3, 0.4) is 0 Å². The van der Waals surface area contributed by atoms with Gasteiger partial charge in [0.15, 0.2) is 5.78 Å². The molecule has 1 N–H and O–H groups in total. The molecule has 3 rings (SSSR count). The average molecular weight is 316 g/mol. The normalized spacial score (nSPS) is 10.9. The Kier molecular flexibility index (Phi) is 4.62. The molecular weight excluding hydrogens is 296 g/mol. The smallest absolute Gasteiger partial charge is 0.187 e. The molecule has 0 spiro atoms. The van der Waals surface area contributed by atoms with Crippen molar-refractivity contribution < 1.29 is 4.79 Å². The molecular formula is C21H20N2O. The molecule has 0 aromatic heterocycles. The number of rotatable bonds is 5. The summed E-state index contributed by atoms with van der Waals surface area (Å²) in [6, 6.07) is 21.7. The summed E-state index contributed by atoms with van der Waals surface area (Å²) in [5.74, 6) is -0.00999. The summed E-state index contributed by atoms with van der Waals surface area (Å²) in [6.45, 7) is 0. The Hall–Kier alpha value is -3.07. The highest BCUT2D eigenvalue weighted by Gasteiger charge is 2.06. The summed E-state index contributed by atoms with van der Waals surface area (Å²) in [5.41, 5.74) is 2.80. The maximum Gasteiger partial charge on any atom is 0.187 e. The zero-order chi connectivity index (χ0) is 16.9. The van der Waals surface area contributed by atoms with Crippen molar-refractivity contribution in [3.63, 3.8) is 0 Å². The second kappa shape index (κ2) is 7.01. The Morgan fingerprint density at radius 1 is 0.917 bits per heavy atom. The molecule has 120 valence electrons. The summed E-state index contributed by atoms with van der Waals surface area (Å²) in [7, 11) is 4.01. The van der Waals surface area contributed by atoms with Crippen molar-refractivity contribution in [1.29, 1.82) is 0 Å². The van der Waals surface area contributed by atoms with Crippen LogP contribution in [0.4, 0.5) is 11.4 Å². The first kappa shape index (κ1) is 15.8. The molecule has 0 unspecified atom stereocenters. The van der Waals surface area contributed by atoms with Gasteiger partial charge in [-0.3, -0.25) is 4.79 Å². The number of anilines is 2. The standard InChI is InChI=1S/C21H20N2O/c1-23(2)18-12-10-17(11-13-18)22-15-14-21(24)20-9-5-7-16-6-3-4-8-19(16)20/h3-15,22H,1-2H3/b15-14+. The molecule has 0 fully saturated rings. The first-order valence-corrected chi connectivity index (χ1v) is 7.88. The van der Waals surface area contributed by atoms with E-state index in [-0.39, 0.29) is 5.78 Å². The van der Waals surface area contributed by atoms with Crippen LogP contribution >= 0.6 is 0 Å². The molecule has 0 aliphatic heterocycles. The molecule has 0 saturated heterocycles. The largest absolute Gasteiger partial charge is 0.378 e. The van der Waals surface area contributed by atoms with Crippen LogP contribution in [0.15, 0.2) is 79.0 Å². The molecule has 0 heterocycles. The second-order valence-corrected chi connectivity index (χ2v) is 5.81. The predicted molar refractivity (Wildman–Crippen MR) is 102 cm³/mol. The average Bonchev–Trinajstić information content (AvgIpc) is 2.61. The quantitative estimate of drug-likeness (QED) is 0.546. The molecule has 3 nitrogen and oxygen atoms in total. The number of benzene rings is 3. The maximum atomic E-state index is 12.5. The van der Waals surface area contributed by atoms with Crippen molar-refractivity contribution in [1.82, 2.24) is 0 Å². The lowest BCUT2D eigenvalue weighted by atomic mass is 10.0. The molecule has 0 radical (unpaired) electrons. The van der Waals surface area contributed by atoms with E-state index in [1.54, 1.807) is 12.3 Å². The van der Waals surface area contributed by atoms with E-state index >= 15 is 0 Å². The number of ketones is 1. The fourth-order valence-corrected chi connectivity index (χ4v) is 2.60. The number of hydrogen-bond donors (Lipinski definition) is 1. The topological polar surface area (TPSA) is 32.3 Å². The molecule has 3 heteroatoms. The molecule has 0 atom stereocenters. The van der Waals surface area contributed by atoms with Crippen LogP contribution < -0.4 is 10.2 Å². The zero-order valence-electron chi connectivity index (χ0n) is 13.9. The third-order valence-corrected chi connectivity index (χ3v) is 3.92. The van der Waals surface area contributed by atoms with Gasteiger partial charge in [-0.15, -0.1) is 0 Å². The van der Waals surface area contributed by atoms with Gasteiger partial charge in [-0.2, -0.15) is 0 Å². The molecule has 0 amide bonds. The summed E-state index contributed by atoms with van der Waals surface area (Å²) in [5, 5.41) is 5.19. The monoisotopic (exact) mass is 316 g/mol. The Morgan fingerprint density at radius 2 is 1.62 bits per heavy atom. The lowest BCUT2D eigenvalue weighted by Gasteiger charge is -2.12. The van der Waals surface area contributed by atoms with Crippen LogP contribution in [0.5, 0.6) is 0 Å². The minimum Gasteiger partial charge on any atom is -0.378 e. The van der Waals surface area contributed by atoms with Crippen molar-refractivity contribution in [3.8, 4) is 0 Å². The summed E-state index contributed by atoms with van der Waals surface area (Å²) >= 11 is 0. The lowest BCUT2D eigenvalue weighted by Crippen LogP contribution is -2.08. The van der Waals surface area contributed by atoms with E-state index < -0.39 is 0 Å². The van der Waals surface area contributed by atoms with Crippen molar-refractivity contribution in [2.45, 2.75) is 0 Å².